The van der Waals surface area contributed by atoms with E-state index in [1.807, 2.05) is 0 Å². The Kier molecular flexibility index (Phi) is 28.8. The van der Waals surface area contributed by atoms with E-state index >= 15 is 0 Å². The number of aryl methyl sites for hydroxylation is 4. The molecule has 0 radical (unpaired) electrons. The van der Waals surface area contributed by atoms with E-state index in [1.54, 1.807) is 11.4 Å². The highest BCUT2D eigenvalue weighted by Gasteiger charge is 2.10. The van der Waals surface area contributed by atoms with Gasteiger partial charge in [0.2, 0.25) is 0 Å². The lowest BCUT2D eigenvalue weighted by atomic mass is 10.0. The standard InChI is InChI=1S/C46H82N2/c1-3-5-7-9-11-13-19-23-27-33-41-47-43-35-31-39-45(47)37-29-25-21-17-15-16-18-22-26-30-38-46-40-32-36-44-48(46)42-34-28-24-20-14-12-10-8-6-4-2/h31-32,35-36,39-40,43-44H,3-30,33-34,37-38,41-42H2,1-2H3/q+2. The molecular weight excluding hydrogens is 581 g/mol. The number of hydrogen-bond donors (Lipinski definition) is 0. The van der Waals surface area contributed by atoms with Crippen LogP contribution in [0.3, 0.4) is 0 Å². The second-order valence-electron chi connectivity index (χ2n) is 15.2. The highest BCUT2D eigenvalue weighted by atomic mass is 15.0. The molecule has 0 saturated carbocycles. The molecule has 2 heterocycles. The van der Waals surface area contributed by atoms with Crippen LogP contribution in [-0.2, 0) is 25.9 Å². The van der Waals surface area contributed by atoms with Crippen molar-refractivity contribution in [2.75, 3.05) is 0 Å². The molecule has 0 bridgehead atoms. The minimum atomic E-state index is 1.21. The summed E-state index contributed by atoms with van der Waals surface area (Å²) in [6.07, 6.45) is 49.5. The lowest BCUT2D eigenvalue weighted by Gasteiger charge is -2.06. The van der Waals surface area contributed by atoms with E-state index in [0.29, 0.717) is 0 Å². The van der Waals surface area contributed by atoms with Gasteiger partial charge in [0.05, 0.1) is 0 Å². The lowest BCUT2D eigenvalue weighted by molar-refractivity contribution is -0.704. The minimum Gasteiger partial charge on any atom is -0.202 e. The molecule has 0 N–H and O–H groups in total. The third-order valence-electron chi connectivity index (χ3n) is 10.7. The molecule has 0 aliphatic carbocycles. The van der Waals surface area contributed by atoms with Crippen LogP contribution in [0.5, 0.6) is 0 Å². The van der Waals surface area contributed by atoms with Crippen LogP contribution in [0.15, 0.2) is 48.8 Å². The average molecular weight is 663 g/mol. The summed E-state index contributed by atoms with van der Waals surface area (Å²) < 4.78 is 5.08. The summed E-state index contributed by atoms with van der Waals surface area (Å²) in [6, 6.07) is 13.6. The summed E-state index contributed by atoms with van der Waals surface area (Å²) in [5.74, 6) is 0. The summed E-state index contributed by atoms with van der Waals surface area (Å²) in [6.45, 7) is 7.02. The number of unbranched alkanes of at least 4 members (excludes halogenated alkanes) is 27. The fraction of sp³-hybridized carbons (Fsp3) is 0.783. The predicted molar refractivity (Wildman–Crippen MR) is 211 cm³/mol. The molecule has 2 heteroatoms. The molecular formula is C46H82N2+2. The zero-order chi connectivity index (χ0) is 34.0. The number of rotatable bonds is 35. The molecule has 0 fully saturated rings. The highest BCUT2D eigenvalue weighted by molar-refractivity contribution is 4.98. The van der Waals surface area contributed by atoms with E-state index in [0.717, 1.165) is 0 Å². The molecule has 2 aromatic heterocycles. The normalized spacial score (nSPS) is 11.5. The van der Waals surface area contributed by atoms with Gasteiger partial charge in [0.1, 0.15) is 13.1 Å². The quantitative estimate of drug-likeness (QED) is 0.0512. The Morgan fingerprint density at radius 2 is 0.583 bits per heavy atom. The SMILES string of the molecule is CCCCCCCCCCCC[n+]1ccccc1CCCCCCCCCCCCc1cccc[n+]1CCCCCCCCCCCC. The van der Waals surface area contributed by atoms with Gasteiger partial charge in [0, 0.05) is 49.9 Å². The maximum absolute atomic E-state index is 2.54. The van der Waals surface area contributed by atoms with Crippen LogP contribution < -0.4 is 9.13 Å². The summed E-state index contributed by atoms with van der Waals surface area (Å²) in [5, 5.41) is 0. The van der Waals surface area contributed by atoms with E-state index in [-0.39, 0.29) is 0 Å². The zero-order valence-electron chi connectivity index (χ0n) is 32.6. The summed E-state index contributed by atoms with van der Waals surface area (Å²) in [4.78, 5) is 0. The van der Waals surface area contributed by atoms with Gasteiger partial charge in [-0.25, -0.2) is 9.13 Å². The van der Waals surface area contributed by atoms with E-state index in [2.05, 4.69) is 71.8 Å². The fourth-order valence-corrected chi connectivity index (χ4v) is 7.48. The molecule has 0 amide bonds. The van der Waals surface area contributed by atoms with E-state index < -0.39 is 0 Å². The van der Waals surface area contributed by atoms with Crippen molar-refractivity contribution >= 4 is 0 Å². The van der Waals surface area contributed by atoms with Crippen LogP contribution in [0, 0.1) is 0 Å². The molecule has 48 heavy (non-hydrogen) atoms. The zero-order valence-corrected chi connectivity index (χ0v) is 32.6. The first kappa shape index (κ1) is 42.5. The van der Waals surface area contributed by atoms with Gasteiger partial charge < -0.3 is 0 Å². The van der Waals surface area contributed by atoms with Gasteiger partial charge in [-0.15, -0.1) is 0 Å². The first-order valence-electron chi connectivity index (χ1n) is 21.8. The first-order chi connectivity index (χ1) is 23.8. The van der Waals surface area contributed by atoms with Crippen LogP contribution in [0.1, 0.15) is 218 Å². The van der Waals surface area contributed by atoms with Crippen LogP contribution >= 0.6 is 0 Å². The highest BCUT2D eigenvalue weighted by Crippen LogP contribution is 2.14. The van der Waals surface area contributed by atoms with E-state index in [4.69, 9.17) is 0 Å². The summed E-state index contributed by atoms with van der Waals surface area (Å²) in [7, 11) is 0. The maximum Gasteiger partial charge on any atom is 0.181 e. The Morgan fingerprint density at radius 3 is 0.896 bits per heavy atom. The largest absolute Gasteiger partial charge is 0.202 e. The predicted octanol–water partition coefficient (Wildman–Crippen LogP) is 13.8. The lowest BCUT2D eigenvalue weighted by Crippen LogP contribution is -2.37. The molecule has 0 atom stereocenters. The molecule has 2 aromatic rings. The third-order valence-corrected chi connectivity index (χ3v) is 10.7. The molecule has 0 saturated heterocycles. The summed E-state index contributed by atoms with van der Waals surface area (Å²) >= 11 is 0. The molecule has 0 aliphatic heterocycles. The van der Waals surface area contributed by atoms with Gasteiger partial charge >= 0.3 is 0 Å². The van der Waals surface area contributed by atoms with Gasteiger partial charge in [-0.3, -0.25) is 0 Å². The van der Waals surface area contributed by atoms with Gasteiger partial charge in [0.25, 0.3) is 0 Å². The fourth-order valence-electron chi connectivity index (χ4n) is 7.48. The topological polar surface area (TPSA) is 7.76 Å². The van der Waals surface area contributed by atoms with Crippen molar-refractivity contribution in [2.24, 2.45) is 0 Å². The Hall–Kier alpha value is -1.70. The summed E-state index contributed by atoms with van der Waals surface area (Å²) in [5.41, 5.74) is 3.10. The van der Waals surface area contributed by atoms with Gasteiger partial charge in [-0.1, -0.05) is 180 Å². The molecule has 0 aliphatic rings. The van der Waals surface area contributed by atoms with Crippen molar-refractivity contribution < 1.29 is 9.13 Å². The molecule has 0 aromatic carbocycles. The Bertz CT molecular complexity index is 875. The van der Waals surface area contributed by atoms with Crippen molar-refractivity contribution in [1.82, 2.24) is 0 Å². The Labute approximate surface area is 300 Å². The van der Waals surface area contributed by atoms with Crippen molar-refractivity contribution in [2.45, 2.75) is 232 Å². The second-order valence-corrected chi connectivity index (χ2v) is 15.2. The number of aromatic nitrogens is 2. The smallest absolute Gasteiger partial charge is 0.181 e. The first-order valence-corrected chi connectivity index (χ1v) is 21.8. The molecule has 2 nitrogen and oxygen atoms in total. The Morgan fingerprint density at radius 1 is 0.312 bits per heavy atom. The van der Waals surface area contributed by atoms with E-state index in [9.17, 15) is 0 Å². The van der Waals surface area contributed by atoms with Gasteiger partial charge in [0.15, 0.2) is 23.8 Å². The third kappa shape index (κ3) is 23.6. The van der Waals surface area contributed by atoms with Crippen molar-refractivity contribution in [3.05, 3.63) is 60.2 Å². The monoisotopic (exact) mass is 663 g/mol. The maximum atomic E-state index is 2.54. The van der Waals surface area contributed by atoms with Crippen molar-refractivity contribution in [3.8, 4) is 0 Å². The van der Waals surface area contributed by atoms with Crippen LogP contribution in [0.4, 0.5) is 0 Å². The van der Waals surface area contributed by atoms with Gasteiger partial charge in [-0.05, 0) is 25.7 Å². The van der Waals surface area contributed by atoms with Crippen molar-refractivity contribution in [1.29, 1.82) is 0 Å². The van der Waals surface area contributed by atoms with Crippen molar-refractivity contribution in [3.63, 3.8) is 0 Å². The number of nitrogens with zero attached hydrogens (tertiary/aromatic N) is 2. The number of pyridine rings is 2. The minimum absolute atomic E-state index is 1.21. The molecule has 0 spiro atoms. The van der Waals surface area contributed by atoms with Crippen LogP contribution in [0.25, 0.3) is 0 Å². The number of hydrogen-bond acceptors (Lipinski definition) is 0. The average Bonchev–Trinajstić information content (AvgIpc) is 3.11. The van der Waals surface area contributed by atoms with Gasteiger partial charge in [-0.2, -0.15) is 0 Å². The van der Waals surface area contributed by atoms with Crippen LogP contribution in [-0.4, -0.2) is 0 Å². The second kappa shape index (κ2) is 32.5. The van der Waals surface area contributed by atoms with E-state index in [1.165, 1.54) is 219 Å². The molecule has 2 rings (SSSR count). The van der Waals surface area contributed by atoms with Crippen LogP contribution in [0.2, 0.25) is 0 Å². The molecule has 0 unspecified atom stereocenters. The molecule has 274 valence electrons. The Balaban J connectivity index is 1.41.